The van der Waals surface area contributed by atoms with Crippen molar-refractivity contribution in [2.75, 3.05) is 0 Å². The van der Waals surface area contributed by atoms with Crippen LogP contribution >= 0.6 is 7.28 Å². The standard InChI is InChI=1S/C9H5F18O3P/c10-4(11,12)1(5(13,14)15)30-31(28,29,2(6(16,17)18)7(19,20)21)3(8(22,23)24)9(25,26)27/h1-3,28-29H. The van der Waals surface area contributed by atoms with E-state index in [1.54, 1.807) is 0 Å². The van der Waals surface area contributed by atoms with Gasteiger partial charge < -0.3 is 0 Å². The molecule has 0 spiro atoms. The van der Waals surface area contributed by atoms with E-state index >= 15 is 0 Å². The first kappa shape index (κ1) is 30.0. The Morgan fingerprint density at radius 2 is 0.613 bits per heavy atom. The summed E-state index contributed by atoms with van der Waals surface area (Å²) >= 11 is 0. The quantitative estimate of drug-likeness (QED) is 0.356. The van der Waals surface area contributed by atoms with Gasteiger partial charge in [-0.25, -0.2) is 0 Å². The van der Waals surface area contributed by atoms with Crippen molar-refractivity contribution in [3.63, 3.8) is 0 Å². The van der Waals surface area contributed by atoms with E-state index in [2.05, 4.69) is 0 Å². The predicted octanol–water partition coefficient (Wildman–Crippen LogP) is 5.77. The number of halogens is 18. The van der Waals surface area contributed by atoms with Gasteiger partial charge in [-0.15, -0.1) is 0 Å². The van der Waals surface area contributed by atoms with Crippen molar-refractivity contribution in [3.05, 3.63) is 0 Å². The molecule has 0 aromatic heterocycles. The molecule has 0 atom stereocenters. The van der Waals surface area contributed by atoms with Crippen LogP contribution in [0.2, 0.25) is 0 Å². The molecule has 0 aliphatic carbocycles. The van der Waals surface area contributed by atoms with Crippen LogP contribution in [0.1, 0.15) is 0 Å². The molecule has 3 nitrogen and oxygen atoms in total. The fourth-order valence-corrected chi connectivity index (χ4v) is 5.68. The molecule has 0 aromatic rings. The van der Waals surface area contributed by atoms with E-state index in [-0.39, 0.29) is 0 Å². The molecule has 0 aliphatic heterocycles. The third-order valence-corrected chi connectivity index (χ3v) is 6.88. The molecule has 0 amide bonds. The second-order valence-corrected chi connectivity index (χ2v) is 9.01. The van der Waals surface area contributed by atoms with Crippen molar-refractivity contribution in [1.82, 2.24) is 0 Å². The Morgan fingerprint density at radius 1 is 0.419 bits per heavy atom. The van der Waals surface area contributed by atoms with Gasteiger partial charge in [0.1, 0.15) is 0 Å². The molecule has 0 radical (unpaired) electrons. The maximum absolute atomic E-state index is 12.8. The Labute approximate surface area is 156 Å². The molecule has 0 aliphatic rings. The van der Waals surface area contributed by atoms with Crippen LogP contribution in [0.3, 0.4) is 0 Å². The topological polar surface area (TPSA) is 49.7 Å². The van der Waals surface area contributed by atoms with Crippen molar-refractivity contribution >= 4 is 7.28 Å². The first-order chi connectivity index (χ1) is 12.9. The Bertz CT molecular complexity index is 555. The molecule has 0 bridgehead atoms. The summed E-state index contributed by atoms with van der Waals surface area (Å²) < 4.78 is 230. The fourth-order valence-electron chi connectivity index (χ4n) is 2.26. The summed E-state index contributed by atoms with van der Waals surface area (Å²) in [4.78, 5) is 18.4. The number of alkyl halides is 18. The third-order valence-electron chi connectivity index (χ3n) is 3.13. The number of hydrogen-bond acceptors (Lipinski definition) is 3. The first-order valence-corrected chi connectivity index (χ1v) is 8.67. The monoisotopic (exact) mass is 534 g/mol. The molecule has 22 heteroatoms. The zero-order valence-corrected chi connectivity index (χ0v) is 14.2. The van der Waals surface area contributed by atoms with Crippen LogP contribution in [0, 0.1) is 0 Å². The molecule has 0 saturated heterocycles. The van der Waals surface area contributed by atoms with Crippen molar-refractivity contribution in [1.29, 1.82) is 0 Å². The Morgan fingerprint density at radius 3 is 0.742 bits per heavy atom. The minimum absolute atomic E-state index is 1.90. The van der Waals surface area contributed by atoms with Gasteiger partial charge in [0.05, 0.1) is 0 Å². The normalized spacial score (nSPS) is 17.5. The summed E-state index contributed by atoms with van der Waals surface area (Å²) in [6.45, 7) is 0. The average Bonchev–Trinajstić information content (AvgIpc) is 2.23. The minimum atomic E-state index is -10.8. The van der Waals surface area contributed by atoms with Crippen molar-refractivity contribution in [2.24, 2.45) is 0 Å². The van der Waals surface area contributed by atoms with E-state index in [1.807, 2.05) is 4.52 Å². The van der Waals surface area contributed by atoms with Crippen LogP contribution in [0.5, 0.6) is 0 Å². The molecular weight excluding hydrogens is 529 g/mol. The number of rotatable bonds is 4. The van der Waals surface area contributed by atoms with Crippen LogP contribution in [0.25, 0.3) is 0 Å². The average molecular weight is 534 g/mol. The van der Waals surface area contributed by atoms with Crippen molar-refractivity contribution in [2.45, 2.75) is 54.5 Å². The van der Waals surface area contributed by atoms with Gasteiger partial charge in [0.15, 0.2) is 0 Å². The first-order valence-electron chi connectivity index (χ1n) is 6.47. The summed E-state index contributed by atoms with van der Waals surface area (Å²) in [6.07, 6.45) is -51.9. The Hall–Kier alpha value is -0.950. The van der Waals surface area contributed by atoms with Gasteiger partial charge in [-0.2, -0.15) is 0 Å². The summed E-state index contributed by atoms with van der Waals surface area (Å²) in [5.41, 5.74) is -13.7. The number of hydrogen-bond donors (Lipinski definition) is 2. The second-order valence-electron chi connectivity index (χ2n) is 5.61. The van der Waals surface area contributed by atoms with Crippen LogP contribution < -0.4 is 0 Å². The van der Waals surface area contributed by atoms with E-state index in [9.17, 15) is 88.8 Å². The Balaban J connectivity index is 7.66. The Kier molecular flexibility index (Phi) is 7.31. The van der Waals surface area contributed by atoms with Gasteiger partial charge in [0.2, 0.25) is 0 Å². The SMILES string of the molecule is OP(O)(OC(C(F)(F)F)C(F)(F)F)(C(C(F)(F)F)C(F)(F)F)C(C(F)(F)F)C(F)(F)F. The molecule has 0 fully saturated rings. The van der Waals surface area contributed by atoms with Crippen LogP contribution in [-0.2, 0) is 4.52 Å². The van der Waals surface area contributed by atoms with E-state index in [0.29, 0.717) is 0 Å². The fraction of sp³-hybridized carbons (Fsp3) is 1.00. The van der Waals surface area contributed by atoms with Gasteiger partial charge in [0.25, 0.3) is 0 Å². The molecule has 31 heavy (non-hydrogen) atoms. The van der Waals surface area contributed by atoms with Gasteiger partial charge in [0, 0.05) is 0 Å². The van der Waals surface area contributed by atoms with Crippen LogP contribution in [0.4, 0.5) is 79.0 Å². The summed E-state index contributed by atoms with van der Waals surface area (Å²) in [7, 11) is -10.8. The molecule has 0 heterocycles. The molecular formula is C9H5F18O3P. The third kappa shape index (κ3) is 6.53. The van der Waals surface area contributed by atoms with E-state index in [1.165, 1.54) is 0 Å². The van der Waals surface area contributed by atoms with Gasteiger partial charge in [-0.1, -0.05) is 0 Å². The van der Waals surface area contributed by atoms with Crippen LogP contribution in [-0.4, -0.2) is 64.3 Å². The molecule has 0 rings (SSSR count). The van der Waals surface area contributed by atoms with Crippen molar-refractivity contribution < 1.29 is 93.3 Å². The molecule has 0 saturated carbocycles. The van der Waals surface area contributed by atoms with E-state index in [4.69, 9.17) is 0 Å². The van der Waals surface area contributed by atoms with Gasteiger partial charge in [-0.3, -0.25) is 0 Å². The molecule has 0 aromatic carbocycles. The van der Waals surface area contributed by atoms with Gasteiger partial charge >= 0.3 is 155 Å². The summed E-state index contributed by atoms with van der Waals surface area (Å²) in [5, 5.41) is 0. The van der Waals surface area contributed by atoms with Crippen LogP contribution in [0.15, 0.2) is 0 Å². The van der Waals surface area contributed by atoms with Crippen molar-refractivity contribution in [3.8, 4) is 0 Å². The van der Waals surface area contributed by atoms with E-state index < -0.39 is 61.8 Å². The second kappa shape index (κ2) is 7.54. The molecule has 190 valence electrons. The molecule has 2 N–H and O–H groups in total. The predicted molar refractivity (Wildman–Crippen MR) is 60.1 cm³/mol. The zero-order valence-electron chi connectivity index (χ0n) is 13.3. The van der Waals surface area contributed by atoms with Gasteiger partial charge in [-0.05, 0) is 0 Å². The molecule has 0 unspecified atom stereocenters. The maximum atomic E-state index is 12.8. The summed E-state index contributed by atoms with van der Waals surface area (Å²) in [5.74, 6) is 0. The zero-order chi connectivity index (χ0) is 25.9. The van der Waals surface area contributed by atoms with E-state index in [0.717, 1.165) is 0 Å². The summed E-state index contributed by atoms with van der Waals surface area (Å²) in [6, 6.07) is 0.